The van der Waals surface area contributed by atoms with E-state index < -0.39 is 5.56 Å². The molecule has 0 aliphatic carbocycles. The van der Waals surface area contributed by atoms with Gasteiger partial charge in [-0.3, -0.25) is 14.6 Å². The molecule has 0 bridgehead atoms. The first-order valence-corrected chi connectivity index (χ1v) is 8.01. The molecule has 0 saturated heterocycles. The first kappa shape index (κ1) is 15.7. The topological polar surface area (TPSA) is 91.5 Å². The molecule has 2 N–H and O–H groups in total. The summed E-state index contributed by atoms with van der Waals surface area (Å²) < 4.78 is 0. The summed E-state index contributed by atoms with van der Waals surface area (Å²) in [6.07, 6.45) is 6.38. The molecule has 1 aromatic carbocycles. The van der Waals surface area contributed by atoms with Gasteiger partial charge in [0.2, 0.25) is 0 Å². The van der Waals surface area contributed by atoms with Gasteiger partial charge < -0.3 is 9.97 Å². The Kier molecular flexibility index (Phi) is 3.99. The number of aromatic nitrogens is 4. The first-order chi connectivity index (χ1) is 12.7. The summed E-state index contributed by atoms with van der Waals surface area (Å²) in [4.78, 5) is 38.3. The lowest BCUT2D eigenvalue weighted by atomic mass is 10.2. The van der Waals surface area contributed by atoms with Gasteiger partial charge in [-0.15, -0.1) is 0 Å². The van der Waals surface area contributed by atoms with Crippen molar-refractivity contribution in [1.29, 1.82) is 0 Å². The van der Waals surface area contributed by atoms with Crippen molar-refractivity contribution in [2.75, 3.05) is 0 Å². The standard InChI is InChI=1S/C20H14N4O2/c25-19-17(10-13-4-3-9-21-12-13)23-20(26)18(24-19)11-15-8-7-14-5-1-2-6-16(14)22-15/h1-12H,(H,23,26)(H,24,25)/b17-10+,18-11-. The van der Waals surface area contributed by atoms with Crippen LogP contribution in [0.2, 0.25) is 0 Å². The number of nitrogens with one attached hydrogen (secondary N) is 2. The molecular weight excluding hydrogens is 328 g/mol. The largest absolute Gasteiger partial charge is 0.316 e. The second kappa shape index (κ2) is 6.60. The highest BCUT2D eigenvalue weighted by Crippen LogP contribution is 2.11. The van der Waals surface area contributed by atoms with Crippen LogP contribution in [-0.2, 0) is 0 Å². The van der Waals surface area contributed by atoms with Crippen molar-refractivity contribution in [3.63, 3.8) is 0 Å². The average Bonchev–Trinajstić information content (AvgIpc) is 2.66. The number of H-pyrrole nitrogens is 2. The van der Waals surface area contributed by atoms with E-state index in [0.717, 1.165) is 16.5 Å². The quantitative estimate of drug-likeness (QED) is 0.560. The molecule has 3 aromatic heterocycles. The maximum Gasteiger partial charge on any atom is 0.272 e. The molecule has 4 aromatic rings. The van der Waals surface area contributed by atoms with Gasteiger partial charge in [0.1, 0.15) is 10.7 Å². The Hall–Kier alpha value is -3.80. The van der Waals surface area contributed by atoms with Crippen molar-refractivity contribution in [2.45, 2.75) is 0 Å². The maximum atomic E-state index is 12.3. The number of fused-ring (bicyclic) bond motifs is 1. The van der Waals surface area contributed by atoms with Crippen LogP contribution in [0.15, 0.2) is 70.5 Å². The van der Waals surface area contributed by atoms with Crippen molar-refractivity contribution < 1.29 is 0 Å². The Bertz CT molecular complexity index is 1320. The van der Waals surface area contributed by atoms with E-state index in [1.54, 1.807) is 42.7 Å². The van der Waals surface area contributed by atoms with E-state index >= 15 is 0 Å². The predicted molar refractivity (Wildman–Crippen MR) is 100 cm³/mol. The molecule has 6 heteroatoms. The SMILES string of the molecule is O=c1[nH]/c(=C/c2cccnc2)c(=O)[nH]/c1=C\c1ccc2ccccc2n1. The van der Waals surface area contributed by atoms with Crippen LogP contribution in [0.5, 0.6) is 0 Å². The fraction of sp³-hybridized carbons (Fsp3) is 0. The minimum absolute atomic E-state index is 0.154. The van der Waals surface area contributed by atoms with Crippen LogP contribution in [0.1, 0.15) is 11.3 Å². The monoisotopic (exact) mass is 342 g/mol. The highest BCUT2D eigenvalue weighted by Gasteiger charge is 1.99. The summed E-state index contributed by atoms with van der Waals surface area (Å²) in [5.41, 5.74) is 1.35. The van der Waals surface area contributed by atoms with Gasteiger partial charge in [-0.1, -0.05) is 30.3 Å². The lowest BCUT2D eigenvalue weighted by molar-refractivity contribution is 1.00. The summed E-state index contributed by atoms with van der Waals surface area (Å²) in [5, 5.41) is 1.33. The number of benzene rings is 1. The maximum absolute atomic E-state index is 12.3. The average molecular weight is 342 g/mol. The third-order valence-corrected chi connectivity index (χ3v) is 3.89. The van der Waals surface area contributed by atoms with Crippen molar-refractivity contribution >= 4 is 23.1 Å². The van der Waals surface area contributed by atoms with E-state index in [9.17, 15) is 9.59 Å². The molecule has 0 spiro atoms. The van der Waals surface area contributed by atoms with E-state index in [4.69, 9.17) is 0 Å². The van der Waals surface area contributed by atoms with Crippen LogP contribution in [-0.4, -0.2) is 19.9 Å². The van der Waals surface area contributed by atoms with Gasteiger partial charge in [-0.2, -0.15) is 0 Å². The number of aromatic amines is 2. The van der Waals surface area contributed by atoms with Gasteiger partial charge in [-0.05, 0) is 35.9 Å². The lowest BCUT2D eigenvalue weighted by Gasteiger charge is -1.98. The number of nitrogens with zero attached hydrogens (tertiary/aromatic N) is 2. The van der Waals surface area contributed by atoms with Gasteiger partial charge in [0.25, 0.3) is 11.1 Å². The van der Waals surface area contributed by atoms with Crippen molar-refractivity contribution in [3.8, 4) is 0 Å². The van der Waals surface area contributed by atoms with Crippen molar-refractivity contribution in [1.82, 2.24) is 19.9 Å². The molecule has 26 heavy (non-hydrogen) atoms. The predicted octanol–water partition coefficient (Wildman–Crippen LogP) is 0.664. The molecule has 4 rings (SSSR count). The zero-order valence-electron chi connectivity index (χ0n) is 13.6. The second-order valence-corrected chi connectivity index (χ2v) is 5.74. The van der Waals surface area contributed by atoms with E-state index in [1.807, 2.05) is 30.3 Å². The summed E-state index contributed by atoms with van der Waals surface area (Å²) in [7, 11) is 0. The molecule has 6 nitrogen and oxygen atoms in total. The van der Waals surface area contributed by atoms with Gasteiger partial charge in [-0.25, -0.2) is 4.98 Å². The lowest BCUT2D eigenvalue weighted by Crippen LogP contribution is -2.46. The van der Waals surface area contributed by atoms with Gasteiger partial charge in [0.15, 0.2) is 0 Å². The van der Waals surface area contributed by atoms with Crippen LogP contribution in [0.3, 0.4) is 0 Å². The van der Waals surface area contributed by atoms with E-state index in [-0.39, 0.29) is 16.3 Å². The Balaban J connectivity index is 1.83. The molecule has 0 amide bonds. The normalized spacial score (nSPS) is 12.6. The minimum atomic E-state index is -0.394. The highest BCUT2D eigenvalue weighted by atomic mass is 16.1. The summed E-state index contributed by atoms with van der Waals surface area (Å²) in [5.74, 6) is 0. The number of rotatable bonds is 2. The number of para-hydroxylation sites is 1. The molecule has 126 valence electrons. The summed E-state index contributed by atoms with van der Waals surface area (Å²) in [6.45, 7) is 0. The number of hydrogen-bond donors (Lipinski definition) is 2. The van der Waals surface area contributed by atoms with Crippen molar-refractivity contribution in [2.24, 2.45) is 0 Å². The summed E-state index contributed by atoms with van der Waals surface area (Å²) >= 11 is 0. The Morgan fingerprint density at radius 3 is 2.35 bits per heavy atom. The smallest absolute Gasteiger partial charge is 0.272 e. The molecule has 0 aliphatic heterocycles. The fourth-order valence-corrected chi connectivity index (χ4v) is 2.63. The third kappa shape index (κ3) is 3.21. The molecule has 0 fully saturated rings. The van der Waals surface area contributed by atoms with Crippen LogP contribution in [0.25, 0.3) is 23.1 Å². The zero-order valence-corrected chi connectivity index (χ0v) is 13.6. The van der Waals surface area contributed by atoms with E-state index in [1.165, 1.54) is 0 Å². The molecule has 0 atom stereocenters. The number of pyridine rings is 2. The fourth-order valence-electron chi connectivity index (χ4n) is 2.63. The van der Waals surface area contributed by atoms with Crippen LogP contribution >= 0.6 is 0 Å². The van der Waals surface area contributed by atoms with Crippen LogP contribution < -0.4 is 21.8 Å². The van der Waals surface area contributed by atoms with Gasteiger partial charge in [0, 0.05) is 17.8 Å². The van der Waals surface area contributed by atoms with Crippen LogP contribution in [0, 0.1) is 0 Å². The Morgan fingerprint density at radius 1 is 0.808 bits per heavy atom. The minimum Gasteiger partial charge on any atom is -0.316 e. The molecule has 0 aliphatic rings. The summed E-state index contributed by atoms with van der Waals surface area (Å²) in [6, 6.07) is 15.0. The Labute approximate surface area is 147 Å². The molecule has 0 radical (unpaired) electrons. The van der Waals surface area contributed by atoms with E-state index in [0.29, 0.717) is 5.69 Å². The number of hydrogen-bond acceptors (Lipinski definition) is 4. The highest BCUT2D eigenvalue weighted by molar-refractivity contribution is 5.79. The van der Waals surface area contributed by atoms with Crippen molar-refractivity contribution in [3.05, 3.63) is 104 Å². The molecule has 3 heterocycles. The Morgan fingerprint density at radius 2 is 1.58 bits per heavy atom. The first-order valence-electron chi connectivity index (χ1n) is 8.01. The van der Waals surface area contributed by atoms with E-state index in [2.05, 4.69) is 19.9 Å². The molecule has 0 unspecified atom stereocenters. The third-order valence-electron chi connectivity index (χ3n) is 3.89. The van der Waals surface area contributed by atoms with Gasteiger partial charge >= 0.3 is 0 Å². The second-order valence-electron chi connectivity index (χ2n) is 5.74. The zero-order chi connectivity index (χ0) is 17.9. The van der Waals surface area contributed by atoms with Gasteiger partial charge in [0.05, 0.1) is 11.2 Å². The molecule has 0 saturated carbocycles. The molecular formula is C20H14N4O2. The van der Waals surface area contributed by atoms with Crippen LogP contribution in [0.4, 0.5) is 0 Å².